The van der Waals surface area contributed by atoms with Crippen molar-refractivity contribution in [2.75, 3.05) is 0 Å². The van der Waals surface area contributed by atoms with Crippen LogP contribution >= 0.6 is 0 Å². The lowest BCUT2D eigenvalue weighted by atomic mass is 10.3. The highest BCUT2D eigenvalue weighted by Gasteiger charge is 1.95. The Morgan fingerprint density at radius 1 is 1.75 bits per heavy atom. The fraction of sp³-hybridized carbons (Fsp3) is 0.750. The van der Waals surface area contributed by atoms with E-state index in [1.54, 1.807) is 0 Å². The zero-order chi connectivity index (χ0) is 5.70. The summed E-state index contributed by atoms with van der Waals surface area (Å²) in [4.78, 5) is 13.3. The van der Waals surface area contributed by atoms with Gasteiger partial charge in [0.05, 0.1) is 0 Å². The maximum absolute atomic E-state index is 9.94. The minimum atomic E-state index is -0.567. The van der Waals surface area contributed by atoms with Crippen LogP contribution in [0.25, 0.3) is 0 Å². The highest BCUT2D eigenvalue weighted by atomic mass is 27.0. The van der Waals surface area contributed by atoms with E-state index in [-0.39, 0.29) is 23.8 Å². The van der Waals surface area contributed by atoms with E-state index in [1.807, 2.05) is 6.92 Å². The number of carbonyl (C=O) groups excluding carboxylic acids is 1. The Morgan fingerprint density at radius 3 is 2.38 bits per heavy atom. The van der Waals surface area contributed by atoms with Crippen LogP contribution in [0.2, 0.25) is 0 Å². The van der Waals surface area contributed by atoms with Crippen LogP contribution in [-0.4, -0.2) is 28.6 Å². The second kappa shape index (κ2) is 6.96. The van der Waals surface area contributed by atoms with Crippen molar-refractivity contribution < 1.29 is 14.9 Å². The molecular weight excluding hydrogens is 123 g/mol. The van der Waals surface area contributed by atoms with Crippen LogP contribution < -0.4 is 0 Å². The van der Waals surface area contributed by atoms with Crippen LogP contribution in [0.3, 0.4) is 0 Å². The van der Waals surface area contributed by atoms with Gasteiger partial charge in [-0.05, 0) is 6.42 Å². The van der Waals surface area contributed by atoms with Crippen LogP contribution in [0.1, 0.15) is 19.8 Å². The molecule has 0 fully saturated rings. The van der Waals surface area contributed by atoms with E-state index < -0.39 is 5.97 Å². The van der Waals surface area contributed by atoms with E-state index in [0.29, 0.717) is 6.42 Å². The molecule has 4 heteroatoms. The molecule has 0 saturated carbocycles. The molecule has 0 heterocycles. The van der Waals surface area contributed by atoms with Crippen molar-refractivity contribution in [3.8, 4) is 0 Å². The first-order valence-electron chi connectivity index (χ1n) is 2.15. The summed E-state index contributed by atoms with van der Waals surface area (Å²) >= 11 is 0. The Morgan fingerprint density at radius 2 is 2.25 bits per heavy atom. The summed E-state index contributed by atoms with van der Waals surface area (Å²) in [5.74, 6) is -0.567. The molecule has 0 bridgehead atoms. The third-order valence-corrected chi connectivity index (χ3v) is 0.556. The van der Waals surface area contributed by atoms with Gasteiger partial charge in [0.15, 0.2) is 17.4 Å². The van der Waals surface area contributed by atoms with Crippen molar-refractivity contribution in [2.45, 2.75) is 19.8 Å². The molecule has 0 rings (SSSR count). The molecular formula is C4H11AlO3. The smallest absolute Gasteiger partial charge is 0.301 e. The third kappa shape index (κ3) is 5.96. The lowest BCUT2D eigenvalue weighted by molar-refractivity contribution is -0.234. The maximum atomic E-state index is 9.94. The quantitative estimate of drug-likeness (QED) is 0.318. The molecule has 48 valence electrons. The van der Waals surface area contributed by atoms with E-state index >= 15 is 0 Å². The number of hydrogen-bond acceptors (Lipinski definition) is 3. The standard InChI is InChI=1S/C4H8O3.Al.3H/c1-2-3-4(5)7-6;;;;/h6H,2-3H2,1H3;;;;. The molecule has 0 aromatic carbocycles. The van der Waals surface area contributed by atoms with Gasteiger partial charge in [0.2, 0.25) is 0 Å². The zero-order valence-electron chi connectivity index (χ0n) is 4.18. The lowest BCUT2D eigenvalue weighted by Gasteiger charge is -1.87. The van der Waals surface area contributed by atoms with Crippen LogP contribution in [0.5, 0.6) is 0 Å². The van der Waals surface area contributed by atoms with Gasteiger partial charge in [-0.3, -0.25) is 0 Å². The van der Waals surface area contributed by atoms with Crippen LogP contribution in [0, 0.1) is 0 Å². The Labute approximate surface area is 58.7 Å². The van der Waals surface area contributed by atoms with Crippen molar-refractivity contribution in [1.82, 2.24) is 0 Å². The normalized spacial score (nSPS) is 7.25. The molecule has 8 heavy (non-hydrogen) atoms. The molecule has 0 aliphatic rings. The summed E-state index contributed by atoms with van der Waals surface area (Å²) in [6.45, 7) is 1.83. The molecule has 0 atom stereocenters. The predicted octanol–water partition coefficient (Wildman–Crippen LogP) is -0.381. The Bertz CT molecular complexity index is 64.3. The summed E-state index contributed by atoms with van der Waals surface area (Å²) in [5.41, 5.74) is 0. The van der Waals surface area contributed by atoms with Gasteiger partial charge < -0.3 is 4.89 Å². The van der Waals surface area contributed by atoms with Gasteiger partial charge in [0, 0.05) is 6.42 Å². The molecule has 0 saturated heterocycles. The monoisotopic (exact) mass is 134 g/mol. The number of rotatable bonds is 2. The average molecular weight is 134 g/mol. The molecule has 0 aromatic heterocycles. The van der Waals surface area contributed by atoms with Crippen molar-refractivity contribution in [3.63, 3.8) is 0 Å². The third-order valence-electron chi connectivity index (χ3n) is 0.556. The fourth-order valence-corrected chi connectivity index (χ4v) is 0.250. The lowest BCUT2D eigenvalue weighted by Crippen LogP contribution is -1.97. The minimum Gasteiger partial charge on any atom is -0.301 e. The molecule has 0 aliphatic carbocycles. The molecule has 0 amide bonds. The molecule has 0 unspecified atom stereocenters. The van der Waals surface area contributed by atoms with Gasteiger partial charge in [-0.25, -0.2) is 4.79 Å². The first kappa shape index (κ1) is 10.9. The Hall–Kier alpha value is -0.0375. The topological polar surface area (TPSA) is 46.5 Å². The minimum absolute atomic E-state index is 0. The van der Waals surface area contributed by atoms with Gasteiger partial charge in [-0.2, -0.15) is 5.26 Å². The maximum Gasteiger partial charge on any atom is 0.342 e. The van der Waals surface area contributed by atoms with Gasteiger partial charge in [-0.15, -0.1) is 0 Å². The summed E-state index contributed by atoms with van der Waals surface area (Å²) in [6, 6.07) is 0. The molecule has 3 nitrogen and oxygen atoms in total. The van der Waals surface area contributed by atoms with E-state index in [4.69, 9.17) is 5.26 Å². The van der Waals surface area contributed by atoms with Crippen molar-refractivity contribution >= 4 is 23.3 Å². The first-order valence-corrected chi connectivity index (χ1v) is 2.15. The van der Waals surface area contributed by atoms with E-state index in [9.17, 15) is 4.79 Å². The van der Waals surface area contributed by atoms with Crippen molar-refractivity contribution in [3.05, 3.63) is 0 Å². The van der Waals surface area contributed by atoms with Crippen molar-refractivity contribution in [1.29, 1.82) is 0 Å². The largest absolute Gasteiger partial charge is 0.342 e. The Kier molecular flexibility index (Phi) is 9.45. The average Bonchev–Trinajstić information content (AvgIpc) is 1.68. The van der Waals surface area contributed by atoms with Gasteiger partial charge >= 0.3 is 5.97 Å². The summed E-state index contributed by atoms with van der Waals surface area (Å²) in [7, 11) is 0. The second-order valence-corrected chi connectivity index (χ2v) is 1.21. The van der Waals surface area contributed by atoms with Crippen LogP contribution in [0.4, 0.5) is 0 Å². The second-order valence-electron chi connectivity index (χ2n) is 1.21. The summed E-state index contributed by atoms with van der Waals surface area (Å²) < 4.78 is 0. The first-order chi connectivity index (χ1) is 3.31. The highest BCUT2D eigenvalue weighted by Crippen LogP contribution is 1.86. The van der Waals surface area contributed by atoms with Crippen molar-refractivity contribution in [2.24, 2.45) is 0 Å². The number of hydrogen-bond donors (Lipinski definition) is 1. The van der Waals surface area contributed by atoms with E-state index in [1.165, 1.54) is 0 Å². The van der Waals surface area contributed by atoms with Gasteiger partial charge in [-0.1, -0.05) is 6.92 Å². The van der Waals surface area contributed by atoms with Crippen LogP contribution in [0.15, 0.2) is 0 Å². The summed E-state index contributed by atoms with van der Waals surface area (Å²) in [6.07, 6.45) is 0.996. The van der Waals surface area contributed by atoms with Gasteiger partial charge in [0.1, 0.15) is 0 Å². The summed E-state index contributed by atoms with van der Waals surface area (Å²) in [5, 5.41) is 7.62. The fourth-order valence-electron chi connectivity index (χ4n) is 0.250. The number of carbonyl (C=O) groups is 1. The zero-order valence-corrected chi connectivity index (χ0v) is 4.18. The van der Waals surface area contributed by atoms with E-state index in [2.05, 4.69) is 4.89 Å². The highest BCUT2D eigenvalue weighted by molar-refractivity contribution is 5.75. The Balaban J connectivity index is 0. The molecule has 0 aliphatic heterocycles. The van der Waals surface area contributed by atoms with Crippen LogP contribution in [-0.2, 0) is 9.68 Å². The SMILES string of the molecule is CCCC(=O)OO.[AlH3]. The predicted molar refractivity (Wildman–Crippen MR) is 33.6 cm³/mol. The molecule has 0 aromatic rings. The molecule has 1 N–H and O–H groups in total. The van der Waals surface area contributed by atoms with Gasteiger partial charge in [0.25, 0.3) is 0 Å². The molecule has 0 radical (unpaired) electrons. The van der Waals surface area contributed by atoms with E-state index in [0.717, 1.165) is 0 Å². The molecule has 0 spiro atoms.